The Labute approximate surface area is 221 Å². The Morgan fingerprint density at radius 2 is 1.19 bits per heavy atom. The highest BCUT2D eigenvalue weighted by atomic mass is 35.5. The third kappa shape index (κ3) is 4.85. The number of anilines is 2. The molecule has 0 aliphatic carbocycles. The van der Waals surface area contributed by atoms with Gasteiger partial charge in [-0.2, -0.15) is 0 Å². The van der Waals surface area contributed by atoms with Crippen LogP contribution in [-0.2, 0) is 13.1 Å². The number of rotatable bonds is 6. The van der Waals surface area contributed by atoms with Crippen molar-refractivity contribution in [1.29, 1.82) is 0 Å². The van der Waals surface area contributed by atoms with Crippen molar-refractivity contribution in [1.82, 2.24) is 14.8 Å². The smallest absolute Gasteiger partial charge is 0.124 e. The van der Waals surface area contributed by atoms with Crippen molar-refractivity contribution in [2.45, 2.75) is 38.8 Å². The molecule has 0 atom stereocenters. The Morgan fingerprint density at radius 1 is 0.722 bits per heavy atom. The fourth-order valence-electron chi connectivity index (χ4n) is 5.60. The van der Waals surface area contributed by atoms with E-state index in [1.807, 2.05) is 36.4 Å². The van der Waals surface area contributed by atoms with Crippen molar-refractivity contribution in [3.63, 3.8) is 0 Å². The van der Waals surface area contributed by atoms with Gasteiger partial charge in [0.05, 0.1) is 16.7 Å². The number of phenols is 1. The van der Waals surface area contributed by atoms with Gasteiger partial charge in [0.15, 0.2) is 0 Å². The maximum atomic E-state index is 11.3. The number of hydrogen-bond donors (Lipinski definition) is 2. The maximum Gasteiger partial charge on any atom is 0.124 e. The second-order valence-electron chi connectivity index (χ2n) is 10.0. The molecule has 3 aromatic carbocycles. The molecule has 2 saturated heterocycles. The van der Waals surface area contributed by atoms with Gasteiger partial charge in [-0.05, 0) is 100 Å². The molecule has 2 aliphatic heterocycles. The summed E-state index contributed by atoms with van der Waals surface area (Å²) in [4.78, 5) is 9.69. The molecule has 0 saturated carbocycles. The molecule has 186 valence electrons. The first-order valence-electron chi connectivity index (χ1n) is 12.8. The quantitative estimate of drug-likeness (QED) is 0.206. The van der Waals surface area contributed by atoms with E-state index in [0.717, 1.165) is 83.6 Å². The number of hydrogen-bond acceptors (Lipinski definition) is 5. The van der Waals surface area contributed by atoms with E-state index < -0.39 is 0 Å². The van der Waals surface area contributed by atoms with Crippen LogP contribution in [0.15, 0.2) is 48.5 Å². The van der Waals surface area contributed by atoms with E-state index >= 15 is 0 Å². The average molecular weight is 521 g/mol. The SMILES string of the molecule is Oc1c(CN2CCCC2)cc(Nc2c3cc(Cl)ccc3nc3ccc(Cl)cc23)cc1CN1CCCC1. The van der Waals surface area contributed by atoms with E-state index in [9.17, 15) is 5.11 Å². The second-order valence-corrected chi connectivity index (χ2v) is 10.9. The van der Waals surface area contributed by atoms with Crippen LogP contribution in [0.3, 0.4) is 0 Å². The van der Waals surface area contributed by atoms with Gasteiger partial charge in [0.2, 0.25) is 0 Å². The van der Waals surface area contributed by atoms with Crippen LogP contribution in [0.25, 0.3) is 21.8 Å². The number of likely N-dealkylation sites (tertiary alicyclic amines) is 2. The van der Waals surface area contributed by atoms with Crippen LogP contribution >= 0.6 is 23.2 Å². The van der Waals surface area contributed by atoms with Gasteiger partial charge in [-0.25, -0.2) is 4.98 Å². The molecule has 0 spiro atoms. The van der Waals surface area contributed by atoms with Crippen LogP contribution in [0.1, 0.15) is 36.8 Å². The molecule has 2 fully saturated rings. The van der Waals surface area contributed by atoms with Crippen molar-refractivity contribution < 1.29 is 5.11 Å². The molecule has 5 nitrogen and oxygen atoms in total. The van der Waals surface area contributed by atoms with Crippen LogP contribution in [0, 0.1) is 0 Å². The Hall–Kier alpha value is -2.57. The Morgan fingerprint density at radius 3 is 1.67 bits per heavy atom. The lowest BCUT2D eigenvalue weighted by molar-refractivity contribution is 0.312. The fraction of sp³-hybridized carbons (Fsp3) is 0.345. The first kappa shape index (κ1) is 23.8. The predicted octanol–water partition coefficient (Wildman–Crippen LogP) is 7.34. The molecule has 0 bridgehead atoms. The number of nitrogens with one attached hydrogen (secondary N) is 1. The van der Waals surface area contributed by atoms with Crippen LogP contribution in [-0.4, -0.2) is 46.1 Å². The summed E-state index contributed by atoms with van der Waals surface area (Å²) in [5.41, 5.74) is 5.54. The molecule has 1 aromatic heterocycles. The summed E-state index contributed by atoms with van der Waals surface area (Å²) in [7, 11) is 0. The van der Waals surface area contributed by atoms with Gasteiger partial charge in [0.25, 0.3) is 0 Å². The molecule has 4 aromatic rings. The zero-order chi connectivity index (χ0) is 24.6. The molecule has 0 amide bonds. The minimum Gasteiger partial charge on any atom is -0.507 e. The minimum atomic E-state index is 0.426. The summed E-state index contributed by atoms with van der Waals surface area (Å²) < 4.78 is 0. The van der Waals surface area contributed by atoms with Crippen LogP contribution < -0.4 is 5.32 Å². The third-order valence-corrected chi connectivity index (χ3v) is 7.89. The zero-order valence-electron chi connectivity index (χ0n) is 20.2. The highest BCUT2D eigenvalue weighted by Crippen LogP contribution is 2.38. The summed E-state index contributed by atoms with van der Waals surface area (Å²) in [5, 5.41) is 18.2. The maximum absolute atomic E-state index is 11.3. The van der Waals surface area contributed by atoms with Crippen molar-refractivity contribution in [2.75, 3.05) is 31.5 Å². The first-order chi connectivity index (χ1) is 17.5. The van der Waals surface area contributed by atoms with Crippen LogP contribution in [0.4, 0.5) is 11.4 Å². The van der Waals surface area contributed by atoms with Crippen LogP contribution in [0.2, 0.25) is 10.0 Å². The zero-order valence-corrected chi connectivity index (χ0v) is 21.7. The van der Waals surface area contributed by atoms with E-state index in [2.05, 4.69) is 27.2 Å². The van der Waals surface area contributed by atoms with E-state index in [4.69, 9.17) is 28.2 Å². The topological polar surface area (TPSA) is 51.6 Å². The molecule has 7 heteroatoms. The van der Waals surface area contributed by atoms with E-state index in [0.29, 0.717) is 15.8 Å². The molecule has 0 radical (unpaired) electrons. The lowest BCUT2D eigenvalue weighted by Gasteiger charge is -2.22. The van der Waals surface area contributed by atoms with Gasteiger partial charge in [-0.15, -0.1) is 0 Å². The minimum absolute atomic E-state index is 0.426. The number of halogens is 2. The number of fused-ring (bicyclic) bond motifs is 2. The molecular formula is C29H30Cl2N4O. The summed E-state index contributed by atoms with van der Waals surface area (Å²) in [6.45, 7) is 5.82. The van der Waals surface area contributed by atoms with Crippen molar-refractivity contribution in [2.24, 2.45) is 0 Å². The predicted molar refractivity (Wildman–Crippen MR) is 150 cm³/mol. The molecule has 3 heterocycles. The fourth-order valence-corrected chi connectivity index (χ4v) is 5.95. The number of phenolic OH excluding ortho intramolecular Hbond substituents is 1. The summed E-state index contributed by atoms with van der Waals surface area (Å²) in [6, 6.07) is 15.7. The van der Waals surface area contributed by atoms with Gasteiger partial charge in [-0.1, -0.05) is 23.2 Å². The molecule has 6 rings (SSSR count). The van der Waals surface area contributed by atoms with Gasteiger partial charge < -0.3 is 10.4 Å². The lowest BCUT2D eigenvalue weighted by Crippen LogP contribution is -2.20. The summed E-state index contributed by atoms with van der Waals surface area (Å²) >= 11 is 12.8. The van der Waals surface area contributed by atoms with Crippen molar-refractivity contribution in [3.8, 4) is 5.75 Å². The highest BCUT2D eigenvalue weighted by molar-refractivity contribution is 6.32. The Balaban J connectivity index is 1.47. The van der Waals surface area contributed by atoms with Crippen LogP contribution in [0.5, 0.6) is 5.75 Å². The molecule has 2 N–H and O–H groups in total. The third-order valence-electron chi connectivity index (χ3n) is 7.42. The van der Waals surface area contributed by atoms with Crippen molar-refractivity contribution in [3.05, 3.63) is 69.7 Å². The van der Waals surface area contributed by atoms with Gasteiger partial charge in [0, 0.05) is 50.7 Å². The summed E-state index contributed by atoms with van der Waals surface area (Å²) in [6.07, 6.45) is 4.87. The molecule has 36 heavy (non-hydrogen) atoms. The van der Waals surface area contributed by atoms with E-state index in [1.54, 1.807) is 0 Å². The number of pyridine rings is 1. The average Bonchev–Trinajstić information content (AvgIpc) is 3.57. The standard InChI is InChI=1S/C29H30Cl2N4O/c30-21-5-7-26-24(15-21)28(25-16-22(31)6-8-27(25)33-26)32-23-13-19(17-34-9-1-2-10-34)29(36)20(14-23)18-35-11-3-4-12-35/h5-8,13-16,36H,1-4,9-12,17-18H2,(H,32,33). The monoisotopic (exact) mass is 520 g/mol. The van der Waals surface area contributed by atoms with Gasteiger partial charge in [-0.3, -0.25) is 9.80 Å². The number of aromatic nitrogens is 1. The lowest BCUT2D eigenvalue weighted by atomic mass is 10.0. The van der Waals surface area contributed by atoms with E-state index in [1.165, 1.54) is 25.7 Å². The number of benzene rings is 3. The van der Waals surface area contributed by atoms with Gasteiger partial charge >= 0.3 is 0 Å². The number of aromatic hydroxyl groups is 1. The highest BCUT2D eigenvalue weighted by Gasteiger charge is 2.20. The van der Waals surface area contributed by atoms with Crippen molar-refractivity contribution >= 4 is 56.4 Å². The van der Waals surface area contributed by atoms with Gasteiger partial charge in [0.1, 0.15) is 5.75 Å². The summed E-state index contributed by atoms with van der Waals surface area (Å²) in [5.74, 6) is 0.426. The largest absolute Gasteiger partial charge is 0.507 e. The first-order valence-corrected chi connectivity index (χ1v) is 13.5. The Kier molecular flexibility index (Phi) is 6.65. The second kappa shape index (κ2) is 10.1. The normalized spacial score (nSPS) is 16.9. The van der Waals surface area contributed by atoms with E-state index in [-0.39, 0.29) is 0 Å². The molecule has 2 aliphatic rings. The molecule has 0 unspecified atom stereocenters. The molecular weight excluding hydrogens is 491 g/mol. The number of nitrogens with zero attached hydrogens (tertiary/aromatic N) is 3. The Bertz CT molecular complexity index is 1330.